The van der Waals surface area contributed by atoms with Crippen LogP contribution in [0.4, 0.5) is 0 Å². The predicted octanol–water partition coefficient (Wildman–Crippen LogP) is 2.52. The third kappa shape index (κ3) is 2.75. The summed E-state index contributed by atoms with van der Waals surface area (Å²) in [7, 11) is 0. The maximum Gasteiger partial charge on any atom is 0.169 e. The highest BCUT2D eigenvalue weighted by Crippen LogP contribution is 2.13. The summed E-state index contributed by atoms with van der Waals surface area (Å²) in [5.41, 5.74) is 3.65. The quantitative estimate of drug-likeness (QED) is 0.755. The molecule has 0 radical (unpaired) electrons. The Bertz CT molecular complexity index is 535. The van der Waals surface area contributed by atoms with E-state index in [1.807, 2.05) is 32.0 Å². The van der Waals surface area contributed by atoms with E-state index in [4.69, 9.17) is 0 Å². The van der Waals surface area contributed by atoms with E-state index in [-0.39, 0.29) is 5.78 Å². The number of hydrogen-bond acceptors (Lipinski definition) is 3. The van der Waals surface area contributed by atoms with E-state index >= 15 is 0 Å². The zero-order valence-corrected chi connectivity index (χ0v) is 9.97. The van der Waals surface area contributed by atoms with Gasteiger partial charge in [0.1, 0.15) is 0 Å². The molecule has 0 bridgehead atoms. The van der Waals surface area contributed by atoms with Gasteiger partial charge in [-0.2, -0.15) is 0 Å². The summed E-state index contributed by atoms with van der Waals surface area (Å²) in [6.07, 6.45) is 5.13. The lowest BCUT2D eigenvalue weighted by molar-refractivity contribution is 0.0991. The number of carbonyl (C=O) groups is 1. The summed E-state index contributed by atoms with van der Waals surface area (Å²) in [6.45, 7) is 3.97. The first-order valence-corrected chi connectivity index (χ1v) is 5.52. The zero-order valence-electron chi connectivity index (χ0n) is 9.97. The van der Waals surface area contributed by atoms with Crippen LogP contribution in [-0.4, -0.2) is 15.8 Å². The van der Waals surface area contributed by atoms with Gasteiger partial charge in [-0.25, -0.2) is 0 Å². The highest BCUT2D eigenvalue weighted by Gasteiger charge is 2.10. The predicted molar refractivity (Wildman–Crippen MR) is 66.0 cm³/mol. The van der Waals surface area contributed by atoms with Crippen LogP contribution in [0.5, 0.6) is 0 Å². The largest absolute Gasteiger partial charge is 0.294 e. The number of aromatic nitrogens is 2. The van der Waals surface area contributed by atoms with Crippen molar-refractivity contribution in [2.75, 3.05) is 0 Å². The zero-order chi connectivity index (χ0) is 12.3. The van der Waals surface area contributed by atoms with Gasteiger partial charge in [-0.3, -0.25) is 14.8 Å². The molecule has 0 atom stereocenters. The molecule has 17 heavy (non-hydrogen) atoms. The molecular formula is C14H14N2O. The summed E-state index contributed by atoms with van der Waals surface area (Å²) in [5.74, 6) is 0.0861. The Morgan fingerprint density at radius 3 is 2.71 bits per heavy atom. The lowest BCUT2D eigenvalue weighted by Gasteiger charge is -2.05. The molecule has 0 saturated carbocycles. The highest BCUT2D eigenvalue weighted by atomic mass is 16.1. The smallest absolute Gasteiger partial charge is 0.169 e. The van der Waals surface area contributed by atoms with E-state index in [1.54, 1.807) is 18.6 Å². The second kappa shape index (κ2) is 4.87. The number of hydrogen-bond donors (Lipinski definition) is 0. The van der Waals surface area contributed by atoms with Crippen molar-refractivity contribution in [2.45, 2.75) is 20.3 Å². The van der Waals surface area contributed by atoms with Crippen LogP contribution in [-0.2, 0) is 6.42 Å². The van der Waals surface area contributed by atoms with Gasteiger partial charge >= 0.3 is 0 Å². The molecule has 1 aromatic carbocycles. The van der Waals surface area contributed by atoms with E-state index in [0.29, 0.717) is 12.1 Å². The summed E-state index contributed by atoms with van der Waals surface area (Å²) in [6, 6.07) is 5.85. The third-order valence-electron chi connectivity index (χ3n) is 2.64. The van der Waals surface area contributed by atoms with E-state index in [2.05, 4.69) is 9.97 Å². The lowest BCUT2D eigenvalue weighted by atomic mass is 10.00. The number of carbonyl (C=O) groups excluding carboxylic acids is 1. The summed E-state index contributed by atoms with van der Waals surface area (Å²) < 4.78 is 0. The van der Waals surface area contributed by atoms with Gasteiger partial charge in [0.2, 0.25) is 0 Å². The third-order valence-corrected chi connectivity index (χ3v) is 2.64. The van der Waals surface area contributed by atoms with Crippen LogP contribution in [0.25, 0.3) is 0 Å². The first kappa shape index (κ1) is 11.5. The molecule has 3 nitrogen and oxygen atoms in total. The Balaban J connectivity index is 2.21. The van der Waals surface area contributed by atoms with Crippen molar-refractivity contribution in [3.8, 4) is 0 Å². The molecule has 86 valence electrons. The minimum atomic E-state index is 0.0861. The van der Waals surface area contributed by atoms with Gasteiger partial charge in [0.15, 0.2) is 5.78 Å². The first-order chi connectivity index (χ1) is 8.16. The van der Waals surface area contributed by atoms with E-state index in [0.717, 1.165) is 11.1 Å². The van der Waals surface area contributed by atoms with Crippen LogP contribution >= 0.6 is 0 Å². The summed E-state index contributed by atoms with van der Waals surface area (Å²) in [5, 5.41) is 0. The van der Waals surface area contributed by atoms with E-state index < -0.39 is 0 Å². The first-order valence-electron chi connectivity index (χ1n) is 5.52. The van der Waals surface area contributed by atoms with Crippen LogP contribution in [0.15, 0.2) is 36.8 Å². The van der Waals surface area contributed by atoms with Gasteiger partial charge in [-0.15, -0.1) is 0 Å². The van der Waals surface area contributed by atoms with E-state index in [9.17, 15) is 4.79 Å². The van der Waals surface area contributed by atoms with Gasteiger partial charge < -0.3 is 0 Å². The van der Waals surface area contributed by atoms with Crippen molar-refractivity contribution in [1.82, 2.24) is 9.97 Å². The average Bonchev–Trinajstić information content (AvgIpc) is 2.30. The topological polar surface area (TPSA) is 42.9 Å². The Kier molecular flexibility index (Phi) is 3.28. The SMILES string of the molecule is Cc1ccc(C(=O)Cc2cnccn2)c(C)c1. The van der Waals surface area contributed by atoms with Crippen LogP contribution in [0.2, 0.25) is 0 Å². The van der Waals surface area contributed by atoms with Gasteiger partial charge in [0.05, 0.1) is 12.1 Å². The van der Waals surface area contributed by atoms with Crippen molar-refractivity contribution in [3.05, 3.63) is 59.2 Å². The van der Waals surface area contributed by atoms with Gasteiger partial charge in [-0.05, 0) is 19.4 Å². The fourth-order valence-electron chi connectivity index (χ4n) is 1.81. The Morgan fingerprint density at radius 2 is 2.06 bits per heavy atom. The van der Waals surface area contributed by atoms with Crippen molar-refractivity contribution in [3.63, 3.8) is 0 Å². The molecule has 0 aliphatic rings. The molecule has 0 fully saturated rings. The van der Waals surface area contributed by atoms with Crippen LogP contribution in [0.1, 0.15) is 27.2 Å². The minimum absolute atomic E-state index is 0.0861. The fraction of sp³-hybridized carbons (Fsp3) is 0.214. The number of ketones is 1. The summed E-state index contributed by atoms with van der Waals surface area (Å²) in [4.78, 5) is 20.1. The Labute approximate surface area is 101 Å². The molecule has 0 aliphatic carbocycles. The molecule has 1 heterocycles. The van der Waals surface area contributed by atoms with Crippen LogP contribution in [0, 0.1) is 13.8 Å². The molecule has 0 saturated heterocycles. The van der Waals surface area contributed by atoms with Gasteiger partial charge in [0.25, 0.3) is 0 Å². The summed E-state index contributed by atoms with van der Waals surface area (Å²) >= 11 is 0. The van der Waals surface area contributed by atoms with Gasteiger partial charge in [-0.1, -0.05) is 23.8 Å². The molecule has 0 spiro atoms. The molecule has 0 unspecified atom stereocenters. The maximum absolute atomic E-state index is 12.1. The number of rotatable bonds is 3. The van der Waals surface area contributed by atoms with Crippen molar-refractivity contribution < 1.29 is 4.79 Å². The lowest BCUT2D eigenvalue weighted by Crippen LogP contribution is -2.07. The second-order valence-electron chi connectivity index (χ2n) is 4.12. The molecular weight excluding hydrogens is 212 g/mol. The van der Waals surface area contributed by atoms with Crippen molar-refractivity contribution in [1.29, 1.82) is 0 Å². The molecule has 1 aromatic heterocycles. The molecule has 3 heteroatoms. The second-order valence-corrected chi connectivity index (χ2v) is 4.12. The van der Waals surface area contributed by atoms with Crippen molar-refractivity contribution in [2.24, 2.45) is 0 Å². The normalized spacial score (nSPS) is 10.2. The van der Waals surface area contributed by atoms with Crippen molar-refractivity contribution >= 4 is 5.78 Å². The van der Waals surface area contributed by atoms with Gasteiger partial charge in [0, 0.05) is 24.2 Å². The number of benzene rings is 1. The standard InChI is InChI=1S/C14H14N2O/c1-10-3-4-13(11(2)7-10)14(17)8-12-9-15-5-6-16-12/h3-7,9H,8H2,1-2H3. The number of nitrogens with zero attached hydrogens (tertiary/aromatic N) is 2. The number of Topliss-reactive ketones (excluding diaryl/α,β-unsaturated/α-hetero) is 1. The number of aryl methyl sites for hydroxylation is 2. The molecule has 2 aromatic rings. The molecule has 0 N–H and O–H groups in total. The monoisotopic (exact) mass is 226 g/mol. The highest BCUT2D eigenvalue weighted by molar-refractivity contribution is 5.98. The fourth-order valence-corrected chi connectivity index (χ4v) is 1.81. The Morgan fingerprint density at radius 1 is 1.24 bits per heavy atom. The van der Waals surface area contributed by atoms with E-state index in [1.165, 1.54) is 5.56 Å². The molecule has 0 amide bonds. The van der Waals surface area contributed by atoms with Crippen LogP contribution in [0.3, 0.4) is 0 Å². The minimum Gasteiger partial charge on any atom is -0.294 e. The molecule has 2 rings (SSSR count). The Hall–Kier alpha value is -2.03. The average molecular weight is 226 g/mol. The molecule has 0 aliphatic heterocycles. The van der Waals surface area contributed by atoms with Crippen LogP contribution < -0.4 is 0 Å². The maximum atomic E-state index is 12.1.